The fourth-order valence-electron chi connectivity index (χ4n) is 2.92. The van der Waals surface area contributed by atoms with E-state index in [2.05, 4.69) is 30.3 Å². The van der Waals surface area contributed by atoms with Crippen molar-refractivity contribution in [3.05, 3.63) is 41.5 Å². The molecule has 1 aliphatic rings. The first-order chi connectivity index (χ1) is 9.72. The molecule has 0 unspecified atom stereocenters. The van der Waals surface area contributed by atoms with Crippen LogP contribution >= 0.6 is 0 Å². The van der Waals surface area contributed by atoms with Crippen LogP contribution in [0.2, 0.25) is 0 Å². The van der Waals surface area contributed by atoms with E-state index in [1.165, 1.54) is 24.0 Å². The van der Waals surface area contributed by atoms with Crippen LogP contribution in [-0.2, 0) is 6.42 Å². The van der Waals surface area contributed by atoms with Gasteiger partial charge in [0.2, 0.25) is 0 Å². The van der Waals surface area contributed by atoms with Crippen LogP contribution in [0.15, 0.2) is 30.3 Å². The maximum atomic E-state index is 10.6. The van der Waals surface area contributed by atoms with E-state index in [-0.39, 0.29) is 0 Å². The Kier molecular flexibility index (Phi) is 5.81. The van der Waals surface area contributed by atoms with Gasteiger partial charge in [0.1, 0.15) is 0 Å². The van der Waals surface area contributed by atoms with Gasteiger partial charge < -0.3 is 10.8 Å². The number of aryl methyl sites for hydroxylation is 1. The van der Waals surface area contributed by atoms with Crippen molar-refractivity contribution < 1.29 is 5.11 Å². The van der Waals surface area contributed by atoms with E-state index >= 15 is 0 Å². The van der Waals surface area contributed by atoms with Gasteiger partial charge >= 0.3 is 0 Å². The molecule has 0 heterocycles. The molecule has 1 aromatic carbocycles. The van der Waals surface area contributed by atoms with E-state index in [9.17, 15) is 5.11 Å². The van der Waals surface area contributed by atoms with E-state index in [0.29, 0.717) is 0 Å². The standard InChI is InChI=1S/C18H27NO/c19-14-6-9-16-7-5-8-17(15-16)10-13-18(20)11-3-1-2-4-12-18/h5,7-8,10,13,15,20H,1-4,6,9,11-12,14,19H2. The number of aliphatic hydroxyl groups is 1. The minimum atomic E-state index is -0.593. The zero-order valence-corrected chi connectivity index (χ0v) is 12.4. The van der Waals surface area contributed by atoms with Crippen LogP contribution in [0.3, 0.4) is 0 Å². The van der Waals surface area contributed by atoms with Gasteiger partial charge in [-0.15, -0.1) is 0 Å². The first-order valence-electron chi connectivity index (χ1n) is 7.92. The van der Waals surface area contributed by atoms with Gasteiger partial charge in [-0.05, 0) is 43.4 Å². The molecule has 2 nitrogen and oxygen atoms in total. The first kappa shape index (κ1) is 15.3. The van der Waals surface area contributed by atoms with Crippen LogP contribution in [0.25, 0.3) is 6.08 Å². The van der Waals surface area contributed by atoms with Gasteiger partial charge in [-0.2, -0.15) is 0 Å². The number of nitrogens with two attached hydrogens (primary N) is 1. The second-order valence-corrected chi connectivity index (χ2v) is 5.99. The maximum Gasteiger partial charge on any atom is 0.0830 e. The molecule has 20 heavy (non-hydrogen) atoms. The van der Waals surface area contributed by atoms with Crippen LogP contribution < -0.4 is 5.73 Å². The van der Waals surface area contributed by atoms with Gasteiger partial charge in [-0.1, -0.05) is 62.1 Å². The molecule has 0 amide bonds. The van der Waals surface area contributed by atoms with E-state index < -0.39 is 5.60 Å². The largest absolute Gasteiger partial charge is 0.386 e. The Morgan fingerprint density at radius 1 is 1.15 bits per heavy atom. The summed E-state index contributed by atoms with van der Waals surface area (Å²) >= 11 is 0. The molecule has 0 radical (unpaired) electrons. The van der Waals surface area contributed by atoms with Crippen LogP contribution in [-0.4, -0.2) is 17.3 Å². The SMILES string of the molecule is NCCCc1cccc(C=CC2(O)CCCCCC2)c1. The molecule has 0 aliphatic heterocycles. The van der Waals surface area contributed by atoms with E-state index in [1.807, 2.05) is 6.08 Å². The monoisotopic (exact) mass is 273 g/mol. The Morgan fingerprint density at radius 3 is 2.60 bits per heavy atom. The normalized spacial score (nSPS) is 19.1. The van der Waals surface area contributed by atoms with Crippen molar-refractivity contribution in [2.75, 3.05) is 6.54 Å². The molecule has 2 rings (SSSR count). The van der Waals surface area contributed by atoms with Crippen LogP contribution in [0.5, 0.6) is 0 Å². The summed E-state index contributed by atoms with van der Waals surface area (Å²) < 4.78 is 0. The Morgan fingerprint density at radius 2 is 1.90 bits per heavy atom. The van der Waals surface area contributed by atoms with Gasteiger partial charge in [-0.3, -0.25) is 0 Å². The smallest absolute Gasteiger partial charge is 0.0830 e. The van der Waals surface area contributed by atoms with E-state index in [4.69, 9.17) is 5.73 Å². The summed E-state index contributed by atoms with van der Waals surface area (Å²) in [6.07, 6.45) is 12.7. The molecule has 0 saturated heterocycles. The minimum absolute atomic E-state index is 0.593. The average Bonchev–Trinajstić information content (AvgIpc) is 2.69. The summed E-state index contributed by atoms with van der Waals surface area (Å²) in [5.41, 5.74) is 7.46. The number of rotatable bonds is 5. The summed E-state index contributed by atoms with van der Waals surface area (Å²) in [5.74, 6) is 0. The molecule has 1 aliphatic carbocycles. The van der Waals surface area contributed by atoms with E-state index in [1.54, 1.807) is 0 Å². The lowest BCUT2D eigenvalue weighted by Gasteiger charge is -2.22. The van der Waals surface area contributed by atoms with Crippen molar-refractivity contribution in [3.8, 4) is 0 Å². The van der Waals surface area contributed by atoms with Gasteiger partial charge in [0, 0.05) is 0 Å². The van der Waals surface area contributed by atoms with Crippen molar-refractivity contribution in [2.24, 2.45) is 5.73 Å². The Balaban J connectivity index is 2.02. The third kappa shape index (κ3) is 4.77. The predicted molar refractivity (Wildman–Crippen MR) is 85.5 cm³/mol. The zero-order valence-electron chi connectivity index (χ0n) is 12.4. The maximum absolute atomic E-state index is 10.6. The fourth-order valence-corrected chi connectivity index (χ4v) is 2.92. The number of hydrogen-bond donors (Lipinski definition) is 2. The van der Waals surface area contributed by atoms with Gasteiger partial charge in [0.25, 0.3) is 0 Å². The highest BCUT2D eigenvalue weighted by Gasteiger charge is 2.24. The lowest BCUT2D eigenvalue weighted by atomic mass is 9.93. The minimum Gasteiger partial charge on any atom is -0.386 e. The lowest BCUT2D eigenvalue weighted by Crippen LogP contribution is -2.24. The molecule has 110 valence electrons. The van der Waals surface area contributed by atoms with E-state index in [0.717, 1.165) is 45.1 Å². The molecule has 0 bridgehead atoms. The quantitative estimate of drug-likeness (QED) is 0.804. The highest BCUT2D eigenvalue weighted by atomic mass is 16.3. The molecule has 1 aromatic rings. The van der Waals surface area contributed by atoms with Crippen molar-refractivity contribution >= 4 is 6.08 Å². The highest BCUT2D eigenvalue weighted by molar-refractivity contribution is 5.51. The van der Waals surface area contributed by atoms with Crippen molar-refractivity contribution in [3.63, 3.8) is 0 Å². The molecule has 1 fully saturated rings. The predicted octanol–water partition coefficient (Wildman–Crippen LogP) is 3.68. The summed E-state index contributed by atoms with van der Waals surface area (Å²) in [7, 11) is 0. The Labute approximate surface area is 122 Å². The summed E-state index contributed by atoms with van der Waals surface area (Å²) in [5, 5.41) is 10.6. The summed E-state index contributed by atoms with van der Waals surface area (Å²) in [4.78, 5) is 0. The molecule has 1 saturated carbocycles. The molecule has 0 atom stereocenters. The molecular formula is C18H27NO. The number of benzene rings is 1. The molecule has 0 aromatic heterocycles. The van der Waals surface area contributed by atoms with Crippen LogP contribution in [0.1, 0.15) is 56.1 Å². The lowest BCUT2D eigenvalue weighted by molar-refractivity contribution is 0.0755. The third-order valence-corrected chi connectivity index (χ3v) is 4.18. The van der Waals surface area contributed by atoms with Gasteiger partial charge in [-0.25, -0.2) is 0 Å². The van der Waals surface area contributed by atoms with Crippen molar-refractivity contribution in [2.45, 2.75) is 57.0 Å². The molecule has 0 spiro atoms. The van der Waals surface area contributed by atoms with Crippen molar-refractivity contribution in [1.29, 1.82) is 0 Å². The zero-order chi connectivity index (χ0) is 14.3. The second kappa shape index (κ2) is 7.61. The highest BCUT2D eigenvalue weighted by Crippen LogP contribution is 2.28. The Hall–Kier alpha value is -1.12. The average molecular weight is 273 g/mol. The molecule has 2 heteroatoms. The van der Waals surface area contributed by atoms with Crippen molar-refractivity contribution in [1.82, 2.24) is 0 Å². The second-order valence-electron chi connectivity index (χ2n) is 5.99. The molecule has 3 N–H and O–H groups in total. The van der Waals surface area contributed by atoms with Gasteiger partial charge in [0.05, 0.1) is 5.60 Å². The topological polar surface area (TPSA) is 46.2 Å². The summed E-state index contributed by atoms with van der Waals surface area (Å²) in [6.45, 7) is 0.736. The van der Waals surface area contributed by atoms with Gasteiger partial charge in [0.15, 0.2) is 0 Å². The third-order valence-electron chi connectivity index (χ3n) is 4.18. The van der Waals surface area contributed by atoms with Crippen LogP contribution in [0, 0.1) is 0 Å². The first-order valence-corrected chi connectivity index (χ1v) is 7.92. The number of hydrogen-bond acceptors (Lipinski definition) is 2. The summed E-state index contributed by atoms with van der Waals surface area (Å²) in [6, 6.07) is 8.53. The molecular weight excluding hydrogens is 246 g/mol. The Bertz CT molecular complexity index is 431. The van der Waals surface area contributed by atoms with Crippen LogP contribution in [0.4, 0.5) is 0 Å². The fraction of sp³-hybridized carbons (Fsp3) is 0.556.